The van der Waals surface area contributed by atoms with Crippen LogP contribution in [0.3, 0.4) is 0 Å². The molecule has 8 heteroatoms. The zero-order valence-electron chi connectivity index (χ0n) is 17.9. The largest absolute Gasteiger partial charge is 0.381 e. The van der Waals surface area contributed by atoms with Crippen molar-refractivity contribution in [1.82, 2.24) is 35.2 Å². The van der Waals surface area contributed by atoms with Gasteiger partial charge in [0.25, 0.3) is 0 Å². The Labute approximate surface area is 189 Å². The summed E-state index contributed by atoms with van der Waals surface area (Å²) in [5.74, 6) is 0.586. The van der Waals surface area contributed by atoms with Crippen molar-refractivity contribution in [2.24, 2.45) is 7.05 Å². The molecule has 33 heavy (non-hydrogen) atoms. The second-order valence-corrected chi connectivity index (χ2v) is 7.93. The van der Waals surface area contributed by atoms with Gasteiger partial charge in [0.2, 0.25) is 5.82 Å². The van der Waals surface area contributed by atoms with Gasteiger partial charge >= 0.3 is 0 Å². The van der Waals surface area contributed by atoms with Crippen LogP contribution >= 0.6 is 0 Å². The van der Waals surface area contributed by atoms with Crippen LogP contribution in [0, 0.1) is 0 Å². The number of aromatic nitrogens is 7. The predicted octanol–water partition coefficient (Wildman–Crippen LogP) is 4.58. The third-order valence-electron chi connectivity index (χ3n) is 5.83. The Morgan fingerprint density at radius 3 is 2.61 bits per heavy atom. The van der Waals surface area contributed by atoms with Crippen molar-refractivity contribution in [2.45, 2.75) is 6.54 Å². The van der Waals surface area contributed by atoms with Crippen molar-refractivity contribution >= 4 is 27.6 Å². The summed E-state index contributed by atoms with van der Waals surface area (Å²) in [5, 5.41) is 18.9. The number of anilines is 1. The number of tetrazole rings is 1. The molecule has 0 aliphatic carbocycles. The maximum absolute atomic E-state index is 4.62. The Morgan fingerprint density at radius 1 is 0.909 bits per heavy atom. The van der Waals surface area contributed by atoms with Crippen LogP contribution in [0.4, 0.5) is 5.69 Å². The molecular formula is C25H20N8. The average Bonchev–Trinajstić information content (AvgIpc) is 3.53. The van der Waals surface area contributed by atoms with E-state index in [4.69, 9.17) is 0 Å². The summed E-state index contributed by atoms with van der Waals surface area (Å²) in [4.78, 5) is 9.19. The second kappa shape index (κ2) is 7.83. The normalized spacial score (nSPS) is 11.3. The van der Waals surface area contributed by atoms with Crippen molar-refractivity contribution in [1.29, 1.82) is 0 Å². The minimum Gasteiger partial charge on any atom is -0.381 e. The molecule has 3 heterocycles. The monoisotopic (exact) mass is 432 g/mol. The van der Waals surface area contributed by atoms with E-state index >= 15 is 0 Å². The predicted molar refractivity (Wildman–Crippen MR) is 128 cm³/mol. The third-order valence-corrected chi connectivity index (χ3v) is 5.83. The molecule has 6 aromatic rings. The van der Waals surface area contributed by atoms with Crippen molar-refractivity contribution in [2.75, 3.05) is 5.32 Å². The van der Waals surface area contributed by atoms with E-state index in [-0.39, 0.29) is 0 Å². The van der Waals surface area contributed by atoms with Gasteiger partial charge in [0.05, 0.1) is 11.0 Å². The van der Waals surface area contributed by atoms with Crippen LogP contribution in [0.25, 0.3) is 44.5 Å². The minimum absolute atomic E-state index is 0.586. The van der Waals surface area contributed by atoms with Gasteiger partial charge in [-0.25, -0.2) is 0 Å². The summed E-state index contributed by atoms with van der Waals surface area (Å²) in [6.45, 7) is 0.675. The molecule has 0 fully saturated rings. The number of H-pyrrole nitrogens is 1. The maximum Gasteiger partial charge on any atom is 0.204 e. The van der Waals surface area contributed by atoms with E-state index in [1.165, 1.54) is 10.9 Å². The third kappa shape index (κ3) is 3.57. The van der Waals surface area contributed by atoms with E-state index in [2.05, 4.69) is 96.2 Å². The molecule has 0 bridgehead atoms. The number of aromatic amines is 1. The summed E-state index contributed by atoms with van der Waals surface area (Å²) < 4.78 is 2.13. The highest BCUT2D eigenvalue weighted by Crippen LogP contribution is 2.32. The summed E-state index contributed by atoms with van der Waals surface area (Å²) in [6, 6.07) is 20.9. The van der Waals surface area contributed by atoms with E-state index < -0.39 is 0 Å². The SMILES string of the molecule is Cn1ccc2ccc(-c3cc(NCc4ccc(-c5nn[nH]n5)cc4)cc4nccnc34)cc21. The Balaban J connectivity index is 1.33. The fraction of sp³-hybridized carbons (Fsp3) is 0.0800. The van der Waals surface area contributed by atoms with E-state index in [0.29, 0.717) is 12.4 Å². The molecule has 3 aromatic carbocycles. The number of nitrogens with zero attached hydrogens (tertiary/aromatic N) is 6. The molecule has 2 N–H and O–H groups in total. The van der Waals surface area contributed by atoms with Crippen LogP contribution in [0.5, 0.6) is 0 Å². The van der Waals surface area contributed by atoms with Gasteiger partial charge in [0, 0.05) is 54.5 Å². The fourth-order valence-electron chi connectivity index (χ4n) is 4.09. The Morgan fingerprint density at radius 2 is 1.76 bits per heavy atom. The van der Waals surface area contributed by atoms with Gasteiger partial charge in [0.1, 0.15) is 0 Å². The van der Waals surface area contributed by atoms with E-state index in [9.17, 15) is 0 Å². The molecule has 0 aliphatic heterocycles. The highest BCUT2D eigenvalue weighted by atomic mass is 15.5. The molecule has 8 nitrogen and oxygen atoms in total. The molecule has 0 radical (unpaired) electrons. The first-order valence-corrected chi connectivity index (χ1v) is 10.6. The number of nitrogens with one attached hydrogen (secondary N) is 2. The first-order valence-electron chi connectivity index (χ1n) is 10.6. The van der Waals surface area contributed by atoms with E-state index in [1.807, 2.05) is 18.2 Å². The maximum atomic E-state index is 4.62. The molecule has 0 unspecified atom stereocenters. The summed E-state index contributed by atoms with van der Waals surface area (Å²) in [7, 11) is 2.06. The Kier molecular flexibility index (Phi) is 4.54. The van der Waals surface area contributed by atoms with Crippen molar-refractivity contribution in [3.63, 3.8) is 0 Å². The lowest BCUT2D eigenvalue weighted by molar-refractivity contribution is 0.881. The smallest absolute Gasteiger partial charge is 0.204 e. The van der Waals surface area contributed by atoms with Crippen molar-refractivity contribution in [3.8, 4) is 22.5 Å². The molecule has 0 saturated carbocycles. The zero-order valence-corrected chi connectivity index (χ0v) is 17.9. The van der Waals surface area contributed by atoms with E-state index in [0.717, 1.165) is 39.0 Å². The quantitative estimate of drug-likeness (QED) is 0.414. The minimum atomic E-state index is 0.586. The summed E-state index contributed by atoms with van der Waals surface area (Å²) in [5.41, 5.74) is 8.16. The summed E-state index contributed by atoms with van der Waals surface area (Å²) in [6.07, 6.45) is 5.55. The lowest BCUT2D eigenvalue weighted by Gasteiger charge is -2.12. The lowest BCUT2D eigenvalue weighted by Crippen LogP contribution is -2.00. The van der Waals surface area contributed by atoms with Crippen molar-refractivity contribution in [3.05, 3.63) is 84.8 Å². The number of hydrogen-bond acceptors (Lipinski definition) is 6. The van der Waals surface area contributed by atoms with Gasteiger partial charge in [-0.05, 0) is 46.0 Å². The van der Waals surface area contributed by atoms with Crippen molar-refractivity contribution < 1.29 is 0 Å². The van der Waals surface area contributed by atoms with Gasteiger partial charge in [-0.15, -0.1) is 10.2 Å². The first kappa shape index (κ1) is 19.1. The van der Waals surface area contributed by atoms with Crippen LogP contribution < -0.4 is 5.32 Å². The van der Waals surface area contributed by atoms with Crippen LogP contribution in [0.2, 0.25) is 0 Å². The number of hydrogen-bond donors (Lipinski definition) is 2. The number of rotatable bonds is 5. The van der Waals surface area contributed by atoms with Gasteiger partial charge < -0.3 is 9.88 Å². The molecule has 0 saturated heterocycles. The standard InChI is InChI=1S/C25H20N8/c1-33-11-8-17-6-7-19(12-23(17)33)21-13-20(14-22-24(21)27-10-9-26-22)28-15-16-2-4-18(5-3-16)25-29-31-32-30-25/h2-14,28H,15H2,1H3,(H,29,30,31,32). The molecule has 160 valence electrons. The molecular weight excluding hydrogens is 412 g/mol. The van der Waals surface area contributed by atoms with Gasteiger partial charge in [0.15, 0.2) is 0 Å². The molecule has 6 rings (SSSR count). The number of benzene rings is 3. The molecule has 3 aromatic heterocycles. The Bertz CT molecular complexity index is 1570. The van der Waals surface area contributed by atoms with Gasteiger partial charge in [-0.3, -0.25) is 9.97 Å². The number of fused-ring (bicyclic) bond motifs is 2. The summed E-state index contributed by atoms with van der Waals surface area (Å²) >= 11 is 0. The molecule has 0 atom stereocenters. The lowest BCUT2D eigenvalue weighted by atomic mass is 10.0. The molecule has 0 amide bonds. The van der Waals surface area contributed by atoms with Crippen LogP contribution in [0.1, 0.15) is 5.56 Å². The van der Waals surface area contributed by atoms with Gasteiger partial charge in [-0.1, -0.05) is 36.4 Å². The topological polar surface area (TPSA) is 97.2 Å². The Hall–Kier alpha value is -4.59. The van der Waals surface area contributed by atoms with E-state index in [1.54, 1.807) is 12.4 Å². The van der Waals surface area contributed by atoms with Crippen LogP contribution in [-0.4, -0.2) is 35.2 Å². The highest BCUT2D eigenvalue weighted by molar-refractivity contribution is 5.97. The van der Waals surface area contributed by atoms with Gasteiger partial charge in [-0.2, -0.15) is 5.21 Å². The first-order chi connectivity index (χ1) is 16.2. The number of aryl methyl sites for hydroxylation is 1. The molecule has 0 aliphatic rings. The van der Waals surface area contributed by atoms with Crippen LogP contribution in [-0.2, 0) is 13.6 Å². The van der Waals surface area contributed by atoms with Crippen LogP contribution in [0.15, 0.2) is 79.3 Å². The average molecular weight is 432 g/mol. The highest BCUT2D eigenvalue weighted by Gasteiger charge is 2.11. The zero-order chi connectivity index (χ0) is 22.2. The molecule has 0 spiro atoms. The fourth-order valence-corrected chi connectivity index (χ4v) is 4.09. The second-order valence-electron chi connectivity index (χ2n) is 7.93.